The molecule has 0 bridgehead atoms. The summed E-state index contributed by atoms with van der Waals surface area (Å²) in [6.07, 6.45) is 0. The van der Waals surface area contributed by atoms with Gasteiger partial charge in [0.1, 0.15) is 0 Å². The first-order chi connectivity index (χ1) is 40.0. The van der Waals surface area contributed by atoms with E-state index in [9.17, 15) is 10.5 Å². The highest BCUT2D eigenvalue weighted by atomic mass is 15.0. The minimum atomic E-state index is -0.0254. The van der Waals surface area contributed by atoms with E-state index in [2.05, 4.69) is 262 Å². The van der Waals surface area contributed by atoms with Gasteiger partial charge in [-0.1, -0.05) is 192 Å². The average molecular weight is 1090 g/mol. The Labute approximate surface area is 494 Å². The Kier molecular flexibility index (Phi) is 12.5. The number of nitrogens with zero attached hydrogens (tertiary/aromatic N) is 4. The van der Waals surface area contributed by atoms with Crippen LogP contribution in [-0.4, -0.2) is 9.13 Å². The summed E-state index contributed by atoms with van der Waals surface area (Å²) in [6, 6.07) is 81.0. The highest BCUT2D eigenvalue weighted by molar-refractivity contribution is 6.23. The van der Waals surface area contributed by atoms with Gasteiger partial charge in [-0.05, 0) is 207 Å². The van der Waals surface area contributed by atoms with Crippen molar-refractivity contribution in [3.8, 4) is 68.0 Å². The maximum absolute atomic E-state index is 9.64. The first-order valence-electron chi connectivity index (χ1n) is 29.5. The summed E-state index contributed by atoms with van der Waals surface area (Å²) >= 11 is 0. The van der Waals surface area contributed by atoms with E-state index in [-0.39, 0.29) is 21.7 Å². The lowest BCUT2D eigenvalue weighted by molar-refractivity contribution is 0.590. The van der Waals surface area contributed by atoms with Crippen molar-refractivity contribution in [2.75, 3.05) is 0 Å². The van der Waals surface area contributed by atoms with Crippen LogP contribution in [0.15, 0.2) is 206 Å². The highest BCUT2D eigenvalue weighted by Gasteiger charge is 2.26. The van der Waals surface area contributed by atoms with Crippen molar-refractivity contribution >= 4 is 65.2 Å². The summed E-state index contributed by atoms with van der Waals surface area (Å²) in [5.74, 6) is 0. The van der Waals surface area contributed by atoms with Crippen LogP contribution in [0, 0.1) is 22.7 Å². The monoisotopic (exact) mass is 1090 g/mol. The number of nitriles is 2. The fraction of sp³-hybridized carbons (Fsp3) is 0.200. The second-order valence-corrected chi connectivity index (χ2v) is 27.3. The van der Waals surface area contributed by atoms with E-state index in [0.29, 0.717) is 11.1 Å². The predicted molar refractivity (Wildman–Crippen MR) is 356 cm³/mol. The van der Waals surface area contributed by atoms with Crippen LogP contribution in [0.4, 0.5) is 0 Å². The Hall–Kier alpha value is -9.48. The van der Waals surface area contributed by atoms with Crippen molar-refractivity contribution in [3.05, 3.63) is 240 Å². The standard InChI is InChI=1S/C80H70N4/c1-77(2,3)57-29-37-71-65(41-57)66-42-58(78(4,5)6)30-38-72(66)83(71)61-33-35-63-69(45-61)75(55-25-21-53(22-26-55)51-17-13-49(47-81)14-18-51)64-36-34-62(46-70(64)76(63)56-27-23-54(24-28-56)52-19-15-50(48-82)16-20-52)84-73-39-31-59(79(7,8)9)43-67(73)68-44-60(80(10,11)12)32-40-74(68)84/h13-46H,1-12H3. The third kappa shape index (κ3) is 9.23. The van der Waals surface area contributed by atoms with Crippen molar-refractivity contribution in [1.29, 1.82) is 10.5 Å². The zero-order chi connectivity index (χ0) is 58.8. The molecule has 0 fully saturated rings. The minimum absolute atomic E-state index is 0.0254. The van der Waals surface area contributed by atoms with Gasteiger partial charge in [-0.2, -0.15) is 10.5 Å². The largest absolute Gasteiger partial charge is 0.309 e. The van der Waals surface area contributed by atoms with E-state index in [0.717, 1.165) is 77.4 Å². The van der Waals surface area contributed by atoms with E-state index < -0.39 is 0 Å². The van der Waals surface area contributed by atoms with Crippen LogP contribution in [0.5, 0.6) is 0 Å². The number of benzene rings is 11. The van der Waals surface area contributed by atoms with Crippen LogP contribution < -0.4 is 0 Å². The lowest BCUT2D eigenvalue weighted by Gasteiger charge is -2.21. The van der Waals surface area contributed by atoms with E-state index in [1.165, 1.54) is 65.9 Å². The maximum Gasteiger partial charge on any atom is 0.0991 e. The predicted octanol–water partition coefficient (Wildman–Crippen LogP) is 21.8. The summed E-state index contributed by atoms with van der Waals surface area (Å²) < 4.78 is 4.97. The Morgan fingerprint density at radius 3 is 0.750 bits per heavy atom. The molecule has 4 nitrogen and oxygen atoms in total. The van der Waals surface area contributed by atoms with Crippen LogP contribution in [-0.2, 0) is 21.7 Å². The molecule has 13 aromatic rings. The van der Waals surface area contributed by atoms with Gasteiger partial charge in [-0.15, -0.1) is 0 Å². The van der Waals surface area contributed by atoms with Gasteiger partial charge in [0.25, 0.3) is 0 Å². The number of rotatable bonds is 6. The Balaban J connectivity index is 1.13. The topological polar surface area (TPSA) is 57.4 Å². The zero-order valence-electron chi connectivity index (χ0n) is 50.4. The van der Waals surface area contributed by atoms with Crippen molar-refractivity contribution in [1.82, 2.24) is 9.13 Å². The summed E-state index contributed by atoms with van der Waals surface area (Å²) in [5, 5.41) is 28.9. The summed E-state index contributed by atoms with van der Waals surface area (Å²) in [7, 11) is 0. The Morgan fingerprint density at radius 2 is 0.500 bits per heavy atom. The molecule has 0 radical (unpaired) electrons. The summed E-state index contributed by atoms with van der Waals surface area (Å²) in [6.45, 7) is 27.6. The smallest absolute Gasteiger partial charge is 0.0991 e. The molecule has 0 aliphatic rings. The normalized spacial score (nSPS) is 12.5. The molecule has 0 aliphatic heterocycles. The second kappa shape index (κ2) is 19.6. The number of hydrogen-bond donors (Lipinski definition) is 0. The van der Waals surface area contributed by atoms with E-state index >= 15 is 0 Å². The van der Waals surface area contributed by atoms with Crippen LogP contribution in [0.25, 0.3) is 121 Å². The van der Waals surface area contributed by atoms with Gasteiger partial charge in [-0.25, -0.2) is 0 Å². The lowest BCUT2D eigenvalue weighted by Crippen LogP contribution is -2.10. The van der Waals surface area contributed by atoms with Gasteiger partial charge in [0.2, 0.25) is 0 Å². The minimum Gasteiger partial charge on any atom is -0.309 e. The van der Waals surface area contributed by atoms with Gasteiger partial charge < -0.3 is 9.13 Å². The molecule has 84 heavy (non-hydrogen) atoms. The number of aromatic nitrogens is 2. The SMILES string of the molecule is CC(C)(C)c1ccc2c(c1)c1cc(C(C)(C)C)ccc1n2-c1ccc2c(-c3ccc(-c4ccc(C#N)cc4)cc3)c3cc(-n4c5ccc(C(C)(C)C)cc5c5cc(C(C)(C)C)ccc54)ccc3c(-c3ccc(-c4ccc(C#N)cc4)cc3)c2c1. The molecule has 0 unspecified atom stereocenters. The molecular weight excluding hydrogens is 1020 g/mol. The van der Waals surface area contributed by atoms with Crippen LogP contribution in [0.3, 0.4) is 0 Å². The van der Waals surface area contributed by atoms with Crippen molar-refractivity contribution in [2.24, 2.45) is 0 Å². The van der Waals surface area contributed by atoms with Gasteiger partial charge >= 0.3 is 0 Å². The van der Waals surface area contributed by atoms with Crippen LogP contribution in [0.1, 0.15) is 116 Å². The second-order valence-electron chi connectivity index (χ2n) is 27.3. The van der Waals surface area contributed by atoms with Gasteiger partial charge in [0.15, 0.2) is 0 Å². The number of fused-ring (bicyclic) bond motifs is 8. The molecule has 0 spiro atoms. The molecule has 0 N–H and O–H groups in total. The third-order valence-corrected chi connectivity index (χ3v) is 17.6. The van der Waals surface area contributed by atoms with Gasteiger partial charge in [-0.3, -0.25) is 0 Å². The van der Waals surface area contributed by atoms with E-state index in [1.54, 1.807) is 0 Å². The maximum atomic E-state index is 9.64. The Bertz CT molecular complexity index is 4430. The Morgan fingerprint density at radius 1 is 0.250 bits per heavy atom. The molecule has 2 aromatic heterocycles. The lowest BCUT2D eigenvalue weighted by atomic mass is 9.85. The summed E-state index contributed by atoms with van der Waals surface area (Å²) in [5.41, 5.74) is 22.2. The molecule has 0 atom stereocenters. The number of hydrogen-bond acceptors (Lipinski definition) is 2. The molecular formula is C80H70N4. The van der Waals surface area contributed by atoms with Gasteiger partial charge in [0.05, 0.1) is 45.3 Å². The third-order valence-electron chi connectivity index (χ3n) is 17.6. The highest BCUT2D eigenvalue weighted by Crippen LogP contribution is 2.48. The first kappa shape index (κ1) is 53.8. The van der Waals surface area contributed by atoms with E-state index in [4.69, 9.17) is 0 Å². The van der Waals surface area contributed by atoms with Crippen molar-refractivity contribution in [3.63, 3.8) is 0 Å². The molecule has 2 heterocycles. The quantitative estimate of drug-likeness (QED) is 0.156. The van der Waals surface area contributed by atoms with Crippen LogP contribution in [0.2, 0.25) is 0 Å². The van der Waals surface area contributed by atoms with Crippen molar-refractivity contribution < 1.29 is 0 Å². The molecule has 0 amide bonds. The fourth-order valence-electron chi connectivity index (χ4n) is 12.7. The molecule has 0 aliphatic carbocycles. The average Bonchev–Trinajstić information content (AvgIpc) is 1.37. The molecule has 410 valence electrons. The van der Waals surface area contributed by atoms with Gasteiger partial charge in [0, 0.05) is 32.9 Å². The van der Waals surface area contributed by atoms with Crippen molar-refractivity contribution in [2.45, 2.75) is 105 Å². The fourth-order valence-corrected chi connectivity index (χ4v) is 12.7. The molecule has 0 saturated heterocycles. The summed E-state index contributed by atoms with van der Waals surface area (Å²) in [4.78, 5) is 0. The van der Waals surface area contributed by atoms with Crippen LogP contribution >= 0.6 is 0 Å². The molecule has 13 rings (SSSR count). The first-order valence-corrected chi connectivity index (χ1v) is 29.5. The molecule has 0 saturated carbocycles. The van der Waals surface area contributed by atoms with E-state index in [1.807, 2.05) is 48.5 Å². The zero-order valence-corrected chi connectivity index (χ0v) is 50.4. The molecule has 11 aromatic carbocycles. The molecule has 4 heteroatoms.